The van der Waals surface area contributed by atoms with Gasteiger partial charge in [-0.05, 0) is 265 Å². The van der Waals surface area contributed by atoms with E-state index in [0.29, 0.717) is 0 Å². The van der Waals surface area contributed by atoms with Crippen LogP contribution in [-0.2, 0) is 21.7 Å². The molecule has 618 valence electrons. The van der Waals surface area contributed by atoms with Gasteiger partial charge in [0.1, 0.15) is 0 Å². The SMILES string of the molecule is CC1(C)c2ccccc2-c2ccc(-c3cccc(N(c4ccccc4)c4ccc(-c5ccc6c(c5)-n5c7ccccc7c7cccc(c75)C65c6ccccc6-c6c(-c7ccc8c(c7)c7cccc9c7n8-c7ccccc7C97c8ccccc8-c8ccc(-c9ccccc9N(c9ccccc9)c9ccccc9-c9ccc%10c(c9)C(C)(C)c9ccccc9-%10)cc87)cccc65)cc4)c3)cc21. The Labute approximate surface area is 767 Å². The van der Waals surface area contributed by atoms with E-state index in [4.69, 9.17) is 0 Å². The van der Waals surface area contributed by atoms with Crippen LogP contribution in [-0.4, -0.2) is 9.13 Å². The predicted molar refractivity (Wildman–Crippen MR) is 549 cm³/mol. The molecule has 4 aliphatic carbocycles. The number of aromatic nitrogens is 2. The number of hydrogen-bond acceptors (Lipinski definition) is 2. The van der Waals surface area contributed by atoms with E-state index in [2.05, 4.69) is 496 Å². The highest BCUT2D eigenvalue weighted by Crippen LogP contribution is 2.66. The van der Waals surface area contributed by atoms with Gasteiger partial charge in [-0.25, -0.2) is 0 Å². The minimum absolute atomic E-state index is 0.101. The summed E-state index contributed by atoms with van der Waals surface area (Å²) < 4.78 is 5.20. The van der Waals surface area contributed by atoms with Gasteiger partial charge in [-0.15, -0.1) is 0 Å². The van der Waals surface area contributed by atoms with E-state index in [1.54, 1.807) is 0 Å². The van der Waals surface area contributed by atoms with Crippen molar-refractivity contribution in [1.29, 1.82) is 0 Å². The van der Waals surface area contributed by atoms with Crippen molar-refractivity contribution in [3.63, 3.8) is 0 Å². The van der Waals surface area contributed by atoms with E-state index in [-0.39, 0.29) is 10.8 Å². The van der Waals surface area contributed by atoms with Crippen LogP contribution in [0.3, 0.4) is 0 Å². The van der Waals surface area contributed by atoms with Crippen molar-refractivity contribution in [2.45, 2.75) is 49.4 Å². The molecule has 0 amide bonds. The van der Waals surface area contributed by atoms with Gasteiger partial charge in [-0.1, -0.05) is 367 Å². The Morgan fingerprint density at radius 2 is 0.561 bits per heavy atom. The van der Waals surface area contributed by atoms with E-state index in [0.717, 1.165) is 56.4 Å². The quantitative estimate of drug-likeness (QED) is 0.128. The first-order valence-corrected chi connectivity index (χ1v) is 46.4. The van der Waals surface area contributed by atoms with E-state index >= 15 is 0 Å². The molecule has 132 heavy (non-hydrogen) atoms. The zero-order valence-electron chi connectivity index (χ0n) is 73.5. The van der Waals surface area contributed by atoms with Crippen molar-refractivity contribution in [1.82, 2.24) is 9.13 Å². The highest BCUT2D eigenvalue weighted by atomic mass is 15.2. The first-order valence-electron chi connectivity index (χ1n) is 46.4. The van der Waals surface area contributed by atoms with Gasteiger partial charge >= 0.3 is 0 Å². The van der Waals surface area contributed by atoms with Crippen LogP contribution in [0, 0.1) is 0 Å². The van der Waals surface area contributed by atoms with Crippen LogP contribution in [0.25, 0.3) is 155 Å². The lowest BCUT2D eigenvalue weighted by Gasteiger charge is -2.40. The second kappa shape index (κ2) is 27.6. The molecule has 4 nitrogen and oxygen atoms in total. The minimum Gasteiger partial charge on any atom is -0.310 e. The molecule has 0 bridgehead atoms. The third kappa shape index (κ3) is 10.0. The largest absolute Gasteiger partial charge is 0.310 e. The molecule has 4 heteroatoms. The number of benzene rings is 20. The Hall–Kier alpha value is -16.4. The molecule has 4 heterocycles. The van der Waals surface area contributed by atoms with Crippen molar-refractivity contribution in [2.75, 3.05) is 9.80 Å². The Kier molecular flexibility index (Phi) is 15.6. The van der Waals surface area contributed by atoms with Crippen LogP contribution < -0.4 is 9.80 Å². The normalized spacial score (nSPS) is 15.8. The first kappa shape index (κ1) is 74.7. The molecule has 20 aromatic carbocycles. The molecule has 6 aliphatic rings. The molecule has 0 fully saturated rings. The number of nitrogens with zero attached hydrogens (tertiary/aromatic N) is 4. The fourth-order valence-corrected chi connectivity index (χ4v) is 25.2. The van der Waals surface area contributed by atoms with Crippen LogP contribution in [0.15, 0.2) is 449 Å². The van der Waals surface area contributed by atoms with Gasteiger partial charge in [0, 0.05) is 66.3 Å². The third-order valence-corrected chi connectivity index (χ3v) is 30.9. The van der Waals surface area contributed by atoms with Crippen molar-refractivity contribution < 1.29 is 0 Å². The van der Waals surface area contributed by atoms with E-state index in [9.17, 15) is 0 Å². The molecule has 22 aromatic rings. The van der Waals surface area contributed by atoms with Gasteiger partial charge < -0.3 is 18.9 Å². The Bertz CT molecular complexity index is 8730. The Morgan fingerprint density at radius 3 is 1.22 bits per heavy atom. The summed E-state index contributed by atoms with van der Waals surface area (Å²) in [6.07, 6.45) is 0. The number of fused-ring (bicyclic) bond motifs is 30. The molecule has 2 atom stereocenters. The number of hydrogen-bond donors (Lipinski definition) is 0. The highest BCUT2D eigenvalue weighted by molar-refractivity contribution is 6.17. The molecule has 0 saturated carbocycles. The van der Waals surface area contributed by atoms with Gasteiger partial charge in [0.05, 0.1) is 55.6 Å². The number of anilines is 6. The molecule has 0 N–H and O–H groups in total. The topological polar surface area (TPSA) is 16.3 Å². The van der Waals surface area contributed by atoms with Crippen LogP contribution >= 0.6 is 0 Å². The fourth-order valence-electron chi connectivity index (χ4n) is 25.2. The monoisotopic (exact) mass is 1680 g/mol. The number of rotatable bonds is 11. The van der Waals surface area contributed by atoms with Gasteiger partial charge in [-0.2, -0.15) is 0 Å². The summed E-state index contributed by atoms with van der Waals surface area (Å²) in [5.74, 6) is 0. The maximum absolute atomic E-state index is 2.61. The Balaban J connectivity index is 0.575. The lowest BCUT2D eigenvalue weighted by atomic mass is 9.65. The molecular formula is C128H86N4. The minimum atomic E-state index is -0.697. The molecule has 28 rings (SSSR count). The molecular weight excluding hydrogens is 1590 g/mol. The lowest BCUT2D eigenvalue weighted by Crippen LogP contribution is -2.33. The lowest BCUT2D eigenvalue weighted by molar-refractivity contribution is 0.660. The van der Waals surface area contributed by atoms with Gasteiger partial charge in [0.15, 0.2) is 0 Å². The van der Waals surface area contributed by atoms with E-state index < -0.39 is 10.8 Å². The van der Waals surface area contributed by atoms with Crippen LogP contribution in [0.5, 0.6) is 0 Å². The summed E-state index contributed by atoms with van der Waals surface area (Å²) in [6, 6.07) is 171. The van der Waals surface area contributed by atoms with Crippen molar-refractivity contribution in [3.8, 4) is 112 Å². The molecule has 2 spiro atoms. The standard InChI is InChI=1S/C128H86N4/c1-125(2)104-47-18-11-39-93(104)96-68-61-81(75-113(96)125)80-31-27-36-89(73-80)129(86-32-7-5-8-33-86)88-66-59-79(60-67-88)82-64-71-109-121(78-82)132-118-57-25-17-42-99(118)100-45-29-53-111(123(100)132)127(109)107-50-21-14-43-102(107)122-92(44-28-52-110(122)127)83-65-72-119-103(74-83)101-46-30-54-112-124(101)131(119)120-58-26-22-51-108(120)128(112)106-49-20-13-41-95(106)98-70-63-85(77-115(98)128)91-38-16-24-56-117(91)130(87-34-9-6-10-35-87)116-55-23-15-37-90(116)84-62-69-97-94-40-12-19-48-105(94)126(3,4)114(97)76-84/h5-78H,1-4H3. The summed E-state index contributed by atoms with van der Waals surface area (Å²) in [5.41, 5.74) is 50.1. The van der Waals surface area contributed by atoms with Crippen LogP contribution in [0.2, 0.25) is 0 Å². The summed E-state index contributed by atoms with van der Waals surface area (Å²) in [6.45, 7) is 9.49. The molecule has 2 aliphatic heterocycles. The molecule has 2 unspecified atom stereocenters. The predicted octanol–water partition coefficient (Wildman–Crippen LogP) is 33.1. The van der Waals surface area contributed by atoms with Gasteiger partial charge in [0.25, 0.3) is 0 Å². The van der Waals surface area contributed by atoms with Gasteiger partial charge in [0.2, 0.25) is 0 Å². The third-order valence-electron chi connectivity index (χ3n) is 30.9. The van der Waals surface area contributed by atoms with Crippen LogP contribution in [0.4, 0.5) is 34.1 Å². The Morgan fingerprint density at radius 1 is 0.182 bits per heavy atom. The number of para-hydroxylation sites is 8. The second-order valence-corrected chi connectivity index (χ2v) is 38.0. The maximum Gasteiger partial charge on any atom is 0.0754 e. The van der Waals surface area contributed by atoms with Crippen molar-refractivity contribution in [2.24, 2.45) is 0 Å². The van der Waals surface area contributed by atoms with Gasteiger partial charge in [-0.3, -0.25) is 0 Å². The van der Waals surface area contributed by atoms with Crippen molar-refractivity contribution >= 4 is 77.7 Å². The van der Waals surface area contributed by atoms with E-state index in [1.165, 1.54) is 200 Å². The van der Waals surface area contributed by atoms with Crippen LogP contribution in [0.1, 0.15) is 94.5 Å². The first-order chi connectivity index (χ1) is 65.0. The average molecular weight is 1680 g/mol. The summed E-state index contributed by atoms with van der Waals surface area (Å²) in [7, 11) is 0. The zero-order chi connectivity index (χ0) is 87.2. The summed E-state index contributed by atoms with van der Waals surface area (Å²) >= 11 is 0. The molecule has 0 radical (unpaired) electrons. The summed E-state index contributed by atoms with van der Waals surface area (Å²) in [5, 5.41) is 4.95. The van der Waals surface area contributed by atoms with E-state index in [1.807, 2.05) is 0 Å². The highest BCUT2D eigenvalue weighted by Gasteiger charge is 2.54. The zero-order valence-corrected chi connectivity index (χ0v) is 73.5. The maximum atomic E-state index is 2.61. The second-order valence-electron chi connectivity index (χ2n) is 38.0. The molecule has 2 aromatic heterocycles. The smallest absolute Gasteiger partial charge is 0.0754 e. The molecule has 0 saturated heterocycles. The fraction of sp³-hybridized carbons (Fsp3) is 0.0625. The average Bonchev–Trinajstić information content (AvgIpc) is 1.49. The van der Waals surface area contributed by atoms with Crippen molar-refractivity contribution in [3.05, 3.63) is 516 Å². The summed E-state index contributed by atoms with van der Waals surface area (Å²) in [4.78, 5) is 4.90.